The van der Waals surface area contributed by atoms with E-state index >= 15 is 0 Å². The van der Waals surface area contributed by atoms with Crippen molar-refractivity contribution in [1.82, 2.24) is 0 Å². The fraction of sp³-hybridized carbons (Fsp3) is 0.310. The Morgan fingerprint density at radius 2 is 0.969 bits per heavy atom. The van der Waals surface area contributed by atoms with E-state index in [1.807, 2.05) is 12.1 Å². The zero-order valence-electron chi connectivity index (χ0n) is 20.6. The second-order valence-corrected chi connectivity index (χ2v) is 9.38. The highest BCUT2D eigenvalue weighted by molar-refractivity contribution is 6.96. The molecule has 164 valence electrons. The molecule has 0 aromatic heterocycles. The summed E-state index contributed by atoms with van der Waals surface area (Å²) >= 11 is 0. The van der Waals surface area contributed by atoms with Gasteiger partial charge in [-0.2, -0.15) is 0 Å². The molecule has 0 amide bonds. The van der Waals surface area contributed by atoms with Crippen molar-refractivity contribution in [3.8, 4) is 0 Å². The minimum Gasteiger partial charge on any atom is -0.299 e. The lowest BCUT2D eigenvalue weighted by atomic mass is 9.34. The molecular formula is C29H33BO2. The number of hydrogen-bond acceptors (Lipinski definition) is 2. The second kappa shape index (κ2) is 9.28. The number of ketones is 2. The second-order valence-electron chi connectivity index (χ2n) is 9.38. The Morgan fingerprint density at radius 3 is 1.28 bits per heavy atom. The number of benzene rings is 3. The summed E-state index contributed by atoms with van der Waals surface area (Å²) in [4.78, 5) is 24.1. The monoisotopic (exact) mass is 424 g/mol. The number of Topliss-reactive ketones (excluding diaryl/α,β-unsaturated/α-hetero) is 2. The average molecular weight is 424 g/mol. The number of aryl methyl sites for hydroxylation is 6. The maximum absolute atomic E-state index is 12.1. The predicted octanol–water partition coefficient (Wildman–Crippen LogP) is 4.31. The van der Waals surface area contributed by atoms with Gasteiger partial charge in [-0.15, -0.1) is 0 Å². The minimum absolute atomic E-state index is 0.0818. The molecule has 0 radical (unpaired) electrons. The van der Waals surface area contributed by atoms with E-state index in [-0.39, 0.29) is 18.3 Å². The highest BCUT2D eigenvalue weighted by Gasteiger charge is 2.29. The lowest BCUT2D eigenvalue weighted by molar-refractivity contribution is -0.126. The van der Waals surface area contributed by atoms with Gasteiger partial charge in [0.05, 0.1) is 0 Å². The van der Waals surface area contributed by atoms with Gasteiger partial charge in [-0.05, 0) is 61.0 Å². The van der Waals surface area contributed by atoms with Gasteiger partial charge in [0.2, 0.25) is 6.71 Å². The summed E-state index contributed by atoms with van der Waals surface area (Å²) in [6.07, 6.45) is 0. The number of hydrogen-bond donors (Lipinski definition) is 0. The van der Waals surface area contributed by atoms with Gasteiger partial charge in [-0.1, -0.05) is 98.3 Å². The topological polar surface area (TPSA) is 34.1 Å². The van der Waals surface area contributed by atoms with E-state index in [0.29, 0.717) is 0 Å². The Morgan fingerprint density at radius 1 is 0.625 bits per heavy atom. The van der Waals surface area contributed by atoms with Gasteiger partial charge in [0.25, 0.3) is 0 Å². The Hall–Kier alpha value is -2.94. The fourth-order valence-corrected chi connectivity index (χ4v) is 5.41. The molecule has 0 atom stereocenters. The van der Waals surface area contributed by atoms with E-state index in [9.17, 15) is 9.59 Å². The summed E-state index contributed by atoms with van der Waals surface area (Å²) in [7, 11) is 0. The maximum atomic E-state index is 12.1. The van der Waals surface area contributed by atoms with Crippen LogP contribution < -0.4 is 16.4 Å². The Labute approximate surface area is 193 Å². The van der Waals surface area contributed by atoms with E-state index in [0.717, 1.165) is 5.56 Å². The van der Waals surface area contributed by atoms with Crippen LogP contribution in [0.1, 0.15) is 58.7 Å². The molecule has 0 unspecified atom stereocenters. The van der Waals surface area contributed by atoms with Crippen LogP contribution in [0.25, 0.3) is 0 Å². The van der Waals surface area contributed by atoms with Crippen LogP contribution in [0.2, 0.25) is 0 Å². The van der Waals surface area contributed by atoms with Gasteiger partial charge >= 0.3 is 0 Å². The number of carbonyl (C=O) groups is 2. The number of rotatable bonds is 6. The standard InChI is InChI=1S/C29H33BO2/c1-17-13-19(3)28(20(4)14-17)30(29-21(5)15-18(2)16-22(29)6)26-11-9-25(10-12-26)27(23(7)31)24(8)32/h9-16,27H,1-8H3. The Balaban J connectivity index is 2.26. The quantitative estimate of drug-likeness (QED) is 0.437. The fourth-order valence-electron chi connectivity index (χ4n) is 5.41. The van der Waals surface area contributed by atoms with Gasteiger partial charge in [0, 0.05) is 0 Å². The molecule has 3 aromatic carbocycles. The molecule has 0 fully saturated rings. The molecule has 0 aliphatic rings. The molecule has 0 heterocycles. The van der Waals surface area contributed by atoms with Crippen molar-refractivity contribution in [2.24, 2.45) is 0 Å². The largest absolute Gasteiger partial charge is 0.299 e. The molecule has 0 aliphatic carbocycles. The Bertz CT molecular complexity index is 1070. The van der Waals surface area contributed by atoms with E-state index in [4.69, 9.17) is 0 Å². The van der Waals surface area contributed by atoms with E-state index in [2.05, 4.69) is 77.9 Å². The van der Waals surface area contributed by atoms with Crippen molar-refractivity contribution in [1.29, 1.82) is 0 Å². The lowest BCUT2D eigenvalue weighted by Gasteiger charge is -2.25. The molecule has 0 bridgehead atoms. The molecule has 0 aliphatic heterocycles. The van der Waals surface area contributed by atoms with Crippen molar-refractivity contribution in [3.05, 3.63) is 87.5 Å². The highest BCUT2D eigenvalue weighted by Crippen LogP contribution is 2.18. The Kier molecular flexibility index (Phi) is 6.88. The van der Waals surface area contributed by atoms with Crippen LogP contribution in [0.15, 0.2) is 48.5 Å². The van der Waals surface area contributed by atoms with Crippen LogP contribution in [0.3, 0.4) is 0 Å². The molecule has 3 aromatic rings. The van der Waals surface area contributed by atoms with Crippen molar-refractivity contribution < 1.29 is 9.59 Å². The summed E-state index contributed by atoms with van der Waals surface area (Å²) in [6.45, 7) is 16.1. The third-order valence-electron chi connectivity index (χ3n) is 6.47. The molecular weight excluding hydrogens is 391 g/mol. The van der Waals surface area contributed by atoms with Crippen molar-refractivity contribution in [3.63, 3.8) is 0 Å². The van der Waals surface area contributed by atoms with Crippen molar-refractivity contribution in [2.45, 2.75) is 61.3 Å². The molecule has 0 saturated carbocycles. The molecule has 0 spiro atoms. The normalized spacial score (nSPS) is 11.0. The van der Waals surface area contributed by atoms with Crippen LogP contribution in [-0.2, 0) is 9.59 Å². The summed E-state index contributed by atoms with van der Waals surface area (Å²) in [6, 6.07) is 17.1. The SMILES string of the molecule is CC(=O)C(C(C)=O)c1ccc(B(c2c(C)cc(C)cc2C)c2c(C)cc(C)cc2C)cc1. The first-order chi connectivity index (χ1) is 15.0. The summed E-state index contributed by atoms with van der Waals surface area (Å²) in [5.41, 5.74) is 12.2. The lowest BCUT2D eigenvalue weighted by Crippen LogP contribution is -2.55. The summed E-state index contributed by atoms with van der Waals surface area (Å²) < 4.78 is 0. The number of carbonyl (C=O) groups excluding carboxylic acids is 2. The highest BCUT2D eigenvalue weighted by atomic mass is 16.1. The predicted molar refractivity (Wildman–Crippen MR) is 137 cm³/mol. The van der Waals surface area contributed by atoms with Crippen LogP contribution in [0, 0.1) is 41.5 Å². The maximum Gasteiger partial charge on any atom is 0.242 e. The molecule has 0 saturated heterocycles. The molecule has 0 N–H and O–H groups in total. The van der Waals surface area contributed by atoms with Gasteiger partial charge in [0.1, 0.15) is 17.5 Å². The van der Waals surface area contributed by atoms with Crippen LogP contribution in [-0.4, -0.2) is 18.3 Å². The van der Waals surface area contributed by atoms with Gasteiger partial charge in [-0.25, -0.2) is 0 Å². The van der Waals surface area contributed by atoms with E-state index in [1.54, 1.807) is 0 Å². The third kappa shape index (κ3) is 4.62. The van der Waals surface area contributed by atoms with Crippen LogP contribution in [0.4, 0.5) is 0 Å². The van der Waals surface area contributed by atoms with E-state index < -0.39 is 5.92 Å². The first-order valence-corrected chi connectivity index (χ1v) is 11.3. The van der Waals surface area contributed by atoms with Crippen LogP contribution in [0.5, 0.6) is 0 Å². The summed E-state index contributed by atoms with van der Waals surface area (Å²) in [5, 5.41) is 0. The first-order valence-electron chi connectivity index (χ1n) is 11.3. The van der Waals surface area contributed by atoms with Gasteiger partial charge < -0.3 is 0 Å². The van der Waals surface area contributed by atoms with Gasteiger partial charge in [0.15, 0.2) is 0 Å². The zero-order valence-corrected chi connectivity index (χ0v) is 20.6. The minimum atomic E-state index is -0.687. The van der Waals surface area contributed by atoms with Crippen molar-refractivity contribution >= 4 is 34.7 Å². The van der Waals surface area contributed by atoms with Crippen molar-refractivity contribution in [2.75, 3.05) is 0 Å². The van der Waals surface area contributed by atoms with Gasteiger partial charge in [-0.3, -0.25) is 9.59 Å². The average Bonchev–Trinajstić information content (AvgIpc) is 2.65. The van der Waals surface area contributed by atoms with E-state index in [1.165, 1.54) is 63.6 Å². The molecule has 3 rings (SSSR count). The summed E-state index contributed by atoms with van der Waals surface area (Å²) in [5.74, 6) is -0.914. The van der Waals surface area contributed by atoms with Crippen LogP contribution >= 0.6 is 0 Å². The smallest absolute Gasteiger partial charge is 0.242 e. The molecule has 32 heavy (non-hydrogen) atoms. The third-order valence-corrected chi connectivity index (χ3v) is 6.47. The zero-order chi connectivity index (χ0) is 23.7. The first kappa shape index (κ1) is 23.7. The molecule has 3 heteroatoms. The molecule has 2 nitrogen and oxygen atoms in total.